The Morgan fingerprint density at radius 1 is 1.27 bits per heavy atom. The molecule has 15 heavy (non-hydrogen) atoms. The quantitative estimate of drug-likeness (QED) is 0.753. The molecule has 84 valence electrons. The van der Waals surface area contributed by atoms with Crippen LogP contribution in [0.1, 0.15) is 13.3 Å². The molecule has 0 bridgehead atoms. The molecule has 0 saturated heterocycles. The SMILES string of the molecule is CCSc1ccc(N(C)CCCN)cc1. The highest BCUT2D eigenvalue weighted by Gasteiger charge is 1.99. The van der Waals surface area contributed by atoms with Crippen molar-refractivity contribution in [2.75, 3.05) is 30.8 Å². The second-order valence-corrected chi connectivity index (χ2v) is 4.83. The Hall–Kier alpha value is -0.670. The molecule has 2 nitrogen and oxygen atoms in total. The van der Waals surface area contributed by atoms with Crippen LogP contribution >= 0.6 is 11.8 Å². The zero-order chi connectivity index (χ0) is 11.1. The van der Waals surface area contributed by atoms with Gasteiger partial charge in [-0.05, 0) is 43.0 Å². The summed E-state index contributed by atoms with van der Waals surface area (Å²) >= 11 is 1.88. The Balaban J connectivity index is 2.54. The van der Waals surface area contributed by atoms with Crippen LogP contribution < -0.4 is 10.6 Å². The van der Waals surface area contributed by atoms with Gasteiger partial charge in [0.05, 0.1) is 0 Å². The van der Waals surface area contributed by atoms with Crippen LogP contribution in [-0.4, -0.2) is 25.9 Å². The summed E-state index contributed by atoms with van der Waals surface area (Å²) in [6.45, 7) is 3.96. The molecular formula is C12H20N2S. The first kappa shape index (κ1) is 12.4. The van der Waals surface area contributed by atoms with Crippen molar-refractivity contribution >= 4 is 17.4 Å². The number of hydrogen-bond donors (Lipinski definition) is 1. The molecule has 3 heteroatoms. The molecule has 0 saturated carbocycles. The first-order valence-corrected chi connectivity index (χ1v) is 6.40. The Kier molecular flexibility index (Phi) is 5.58. The van der Waals surface area contributed by atoms with Crippen molar-refractivity contribution in [1.82, 2.24) is 0 Å². The number of benzene rings is 1. The van der Waals surface area contributed by atoms with E-state index in [2.05, 4.69) is 43.1 Å². The monoisotopic (exact) mass is 224 g/mol. The summed E-state index contributed by atoms with van der Waals surface area (Å²) in [5, 5.41) is 0. The Bertz CT molecular complexity index is 271. The zero-order valence-electron chi connectivity index (χ0n) is 9.57. The highest BCUT2D eigenvalue weighted by atomic mass is 32.2. The third kappa shape index (κ3) is 4.14. The standard InChI is InChI=1S/C12H20N2S/c1-3-15-12-7-5-11(6-8-12)14(2)10-4-9-13/h5-8H,3-4,9-10,13H2,1-2H3. The molecule has 0 fully saturated rings. The summed E-state index contributed by atoms with van der Waals surface area (Å²) in [7, 11) is 2.11. The van der Waals surface area contributed by atoms with Gasteiger partial charge in [-0.1, -0.05) is 6.92 Å². The molecule has 0 heterocycles. The molecular weight excluding hydrogens is 204 g/mol. The van der Waals surface area contributed by atoms with Crippen LogP contribution in [0.5, 0.6) is 0 Å². The van der Waals surface area contributed by atoms with E-state index in [1.54, 1.807) is 0 Å². The summed E-state index contributed by atoms with van der Waals surface area (Å²) in [5.41, 5.74) is 6.76. The molecule has 0 atom stereocenters. The number of nitrogens with two attached hydrogens (primary N) is 1. The van der Waals surface area contributed by atoms with Gasteiger partial charge in [0.1, 0.15) is 0 Å². The van der Waals surface area contributed by atoms with E-state index in [0.29, 0.717) is 0 Å². The van der Waals surface area contributed by atoms with E-state index >= 15 is 0 Å². The van der Waals surface area contributed by atoms with Crippen molar-refractivity contribution in [2.24, 2.45) is 5.73 Å². The lowest BCUT2D eigenvalue weighted by molar-refractivity contribution is 0.795. The van der Waals surface area contributed by atoms with Gasteiger partial charge >= 0.3 is 0 Å². The van der Waals surface area contributed by atoms with E-state index in [4.69, 9.17) is 5.73 Å². The fourth-order valence-electron chi connectivity index (χ4n) is 1.42. The first-order chi connectivity index (χ1) is 7.27. The number of hydrogen-bond acceptors (Lipinski definition) is 3. The second-order valence-electron chi connectivity index (χ2n) is 3.49. The van der Waals surface area contributed by atoms with Crippen LogP contribution in [0.2, 0.25) is 0 Å². The van der Waals surface area contributed by atoms with Crippen LogP contribution in [0, 0.1) is 0 Å². The maximum absolute atomic E-state index is 5.49. The van der Waals surface area contributed by atoms with Gasteiger partial charge in [-0.25, -0.2) is 0 Å². The van der Waals surface area contributed by atoms with Crippen molar-refractivity contribution in [3.63, 3.8) is 0 Å². The van der Waals surface area contributed by atoms with Gasteiger partial charge < -0.3 is 10.6 Å². The number of anilines is 1. The van der Waals surface area contributed by atoms with Gasteiger partial charge in [0, 0.05) is 24.2 Å². The maximum Gasteiger partial charge on any atom is 0.0364 e. The molecule has 1 aromatic carbocycles. The van der Waals surface area contributed by atoms with E-state index in [9.17, 15) is 0 Å². The van der Waals surface area contributed by atoms with Crippen molar-refractivity contribution in [2.45, 2.75) is 18.2 Å². The van der Waals surface area contributed by atoms with Crippen molar-refractivity contribution < 1.29 is 0 Å². The summed E-state index contributed by atoms with van der Waals surface area (Å²) < 4.78 is 0. The summed E-state index contributed by atoms with van der Waals surface area (Å²) in [4.78, 5) is 3.58. The van der Waals surface area contributed by atoms with Crippen LogP contribution in [0.3, 0.4) is 0 Å². The Morgan fingerprint density at radius 3 is 2.47 bits per heavy atom. The van der Waals surface area contributed by atoms with Crippen molar-refractivity contribution in [1.29, 1.82) is 0 Å². The van der Waals surface area contributed by atoms with Gasteiger partial charge in [-0.2, -0.15) is 0 Å². The minimum absolute atomic E-state index is 0.758. The van der Waals surface area contributed by atoms with Gasteiger partial charge in [-0.15, -0.1) is 11.8 Å². The molecule has 0 amide bonds. The zero-order valence-corrected chi connectivity index (χ0v) is 10.4. The maximum atomic E-state index is 5.49. The van der Waals surface area contributed by atoms with Gasteiger partial charge in [0.15, 0.2) is 0 Å². The summed E-state index contributed by atoms with van der Waals surface area (Å²) in [6, 6.07) is 8.72. The van der Waals surface area contributed by atoms with E-state index in [1.165, 1.54) is 10.6 Å². The lowest BCUT2D eigenvalue weighted by Crippen LogP contribution is -2.20. The van der Waals surface area contributed by atoms with Crippen LogP contribution in [0.4, 0.5) is 5.69 Å². The third-order valence-electron chi connectivity index (χ3n) is 2.29. The largest absolute Gasteiger partial charge is 0.375 e. The molecule has 0 aliphatic rings. The summed E-state index contributed by atoms with van der Waals surface area (Å²) in [6.07, 6.45) is 1.04. The lowest BCUT2D eigenvalue weighted by atomic mass is 10.3. The number of nitrogens with zero attached hydrogens (tertiary/aromatic N) is 1. The second kappa shape index (κ2) is 6.75. The highest BCUT2D eigenvalue weighted by molar-refractivity contribution is 7.99. The van der Waals surface area contributed by atoms with Crippen molar-refractivity contribution in [3.05, 3.63) is 24.3 Å². The number of thioether (sulfide) groups is 1. The highest BCUT2D eigenvalue weighted by Crippen LogP contribution is 2.21. The fraction of sp³-hybridized carbons (Fsp3) is 0.500. The molecule has 2 N–H and O–H groups in total. The third-order valence-corrected chi connectivity index (χ3v) is 3.18. The molecule has 0 spiro atoms. The van der Waals surface area contributed by atoms with Crippen LogP contribution in [-0.2, 0) is 0 Å². The van der Waals surface area contributed by atoms with E-state index in [-0.39, 0.29) is 0 Å². The van der Waals surface area contributed by atoms with Crippen molar-refractivity contribution in [3.8, 4) is 0 Å². The Morgan fingerprint density at radius 2 is 1.93 bits per heavy atom. The molecule has 0 unspecified atom stereocenters. The molecule has 0 radical (unpaired) electrons. The average molecular weight is 224 g/mol. The predicted molar refractivity (Wildman–Crippen MR) is 69.8 cm³/mol. The normalized spacial score (nSPS) is 10.3. The predicted octanol–water partition coefficient (Wildman–Crippen LogP) is 2.58. The van der Waals surface area contributed by atoms with E-state index in [1.807, 2.05) is 11.8 Å². The summed E-state index contributed by atoms with van der Waals surface area (Å²) in [5.74, 6) is 1.13. The van der Waals surface area contributed by atoms with Gasteiger partial charge in [-0.3, -0.25) is 0 Å². The lowest BCUT2D eigenvalue weighted by Gasteiger charge is -2.18. The molecule has 0 aromatic heterocycles. The van der Waals surface area contributed by atoms with E-state index in [0.717, 1.165) is 25.3 Å². The van der Waals surface area contributed by atoms with Gasteiger partial charge in [0.25, 0.3) is 0 Å². The Labute approximate surface area is 96.8 Å². The topological polar surface area (TPSA) is 29.3 Å². The first-order valence-electron chi connectivity index (χ1n) is 5.42. The minimum Gasteiger partial charge on any atom is -0.375 e. The van der Waals surface area contributed by atoms with Crippen LogP contribution in [0.25, 0.3) is 0 Å². The molecule has 0 aliphatic heterocycles. The van der Waals surface area contributed by atoms with Gasteiger partial charge in [0.2, 0.25) is 0 Å². The van der Waals surface area contributed by atoms with E-state index < -0.39 is 0 Å². The fourth-order valence-corrected chi connectivity index (χ4v) is 2.08. The van der Waals surface area contributed by atoms with Crippen LogP contribution in [0.15, 0.2) is 29.2 Å². The molecule has 1 rings (SSSR count). The average Bonchev–Trinajstić information content (AvgIpc) is 2.27. The molecule has 0 aliphatic carbocycles. The minimum atomic E-state index is 0.758. The number of rotatable bonds is 6. The molecule has 1 aromatic rings. The smallest absolute Gasteiger partial charge is 0.0364 e.